The lowest BCUT2D eigenvalue weighted by Crippen LogP contribution is -2.33. The number of thioether (sulfide) groups is 1. The second-order valence-electron chi connectivity index (χ2n) is 6.36. The molecule has 0 bridgehead atoms. The topological polar surface area (TPSA) is 105 Å². The largest absolute Gasteiger partial charge is 0.389 e. The molecular formula is C19H28N4O2S. The predicted molar refractivity (Wildman–Crippen MR) is 108 cm³/mol. The molecule has 2 atom stereocenters. The molecule has 1 aromatic rings. The predicted octanol–water partition coefficient (Wildman–Crippen LogP) is 1.84. The number of hydrazone groups is 1. The lowest BCUT2D eigenvalue weighted by molar-refractivity contribution is -0.128. The fourth-order valence-corrected chi connectivity index (χ4v) is 3.66. The maximum absolute atomic E-state index is 12.1. The van der Waals surface area contributed by atoms with E-state index in [1.807, 2.05) is 47.4 Å². The lowest BCUT2D eigenvalue weighted by Gasteiger charge is -2.22. The number of rotatable bonds is 9. The fraction of sp³-hybridized carbons (Fsp3) is 0.474. The molecule has 1 saturated heterocycles. The zero-order valence-electron chi connectivity index (χ0n) is 15.0. The summed E-state index contributed by atoms with van der Waals surface area (Å²) in [5.74, 6) is 6.12. The van der Waals surface area contributed by atoms with Gasteiger partial charge in [0.15, 0.2) is 5.17 Å². The molecule has 0 saturated carbocycles. The zero-order valence-corrected chi connectivity index (χ0v) is 15.8. The van der Waals surface area contributed by atoms with Crippen molar-refractivity contribution in [2.45, 2.75) is 44.2 Å². The number of hydrogen-bond donors (Lipinski definition) is 3. The van der Waals surface area contributed by atoms with Crippen molar-refractivity contribution in [3.8, 4) is 0 Å². The van der Waals surface area contributed by atoms with E-state index in [4.69, 9.17) is 11.6 Å². The maximum atomic E-state index is 12.1. The number of benzene rings is 1. The summed E-state index contributed by atoms with van der Waals surface area (Å²) >= 11 is 1.43. The lowest BCUT2D eigenvalue weighted by atomic mass is 10.1. The molecular weight excluding hydrogens is 348 g/mol. The Morgan fingerprint density at radius 2 is 2.15 bits per heavy atom. The van der Waals surface area contributed by atoms with Gasteiger partial charge in [0.05, 0.1) is 12.1 Å². The number of aliphatic hydroxyl groups is 1. The van der Waals surface area contributed by atoms with Gasteiger partial charge in [-0.05, 0) is 24.8 Å². The molecule has 7 heteroatoms. The summed E-state index contributed by atoms with van der Waals surface area (Å²) in [5.41, 5.74) is 6.63. The maximum Gasteiger partial charge on any atom is 0.223 e. The van der Waals surface area contributed by atoms with Gasteiger partial charge in [-0.2, -0.15) is 5.10 Å². The normalized spacial score (nSPS) is 19.4. The van der Waals surface area contributed by atoms with Crippen LogP contribution < -0.4 is 11.6 Å². The van der Waals surface area contributed by atoms with Crippen molar-refractivity contribution in [1.82, 2.24) is 4.90 Å². The van der Waals surface area contributed by atoms with Crippen molar-refractivity contribution >= 4 is 22.8 Å². The van der Waals surface area contributed by atoms with Crippen LogP contribution in [0.1, 0.15) is 31.2 Å². The third-order valence-corrected chi connectivity index (χ3v) is 5.28. The first-order valence-corrected chi connectivity index (χ1v) is 9.94. The Kier molecular flexibility index (Phi) is 8.50. The standard InChI is InChI=1S/C19H28N4O2S/c20-19(22-21)26-13-5-4-12-23-16(9-11-18(23)25)8-10-17(24)14-15-6-2-1-3-7-15/h1-3,6-8,10,16-17,24H,4-5,9,11-14,21H2,(H2,20,22)/b10-8+/t16-,17?/m0/s1. The van der Waals surface area contributed by atoms with Gasteiger partial charge in [-0.15, -0.1) is 0 Å². The minimum absolute atomic E-state index is 0.0799. The summed E-state index contributed by atoms with van der Waals surface area (Å²) in [5, 5.41) is 14.0. The Morgan fingerprint density at radius 1 is 1.38 bits per heavy atom. The molecule has 1 amide bonds. The van der Waals surface area contributed by atoms with Crippen molar-refractivity contribution in [3.05, 3.63) is 48.0 Å². The fourth-order valence-electron chi connectivity index (χ4n) is 3.02. The minimum Gasteiger partial charge on any atom is -0.389 e. The first kappa shape index (κ1) is 20.3. The van der Waals surface area contributed by atoms with Gasteiger partial charge in [0.2, 0.25) is 5.91 Å². The molecule has 1 aromatic carbocycles. The third kappa shape index (κ3) is 6.72. The van der Waals surface area contributed by atoms with E-state index in [0.717, 1.165) is 37.1 Å². The summed E-state index contributed by atoms with van der Waals surface area (Å²) < 4.78 is 0. The number of nitrogens with zero attached hydrogens (tertiary/aromatic N) is 2. The van der Waals surface area contributed by atoms with Gasteiger partial charge in [0, 0.05) is 25.1 Å². The second kappa shape index (κ2) is 10.9. The molecule has 26 heavy (non-hydrogen) atoms. The number of hydrogen-bond acceptors (Lipinski definition) is 5. The second-order valence-corrected chi connectivity index (χ2v) is 7.47. The quantitative estimate of drug-likeness (QED) is 0.152. The van der Waals surface area contributed by atoms with E-state index in [2.05, 4.69) is 5.10 Å². The van der Waals surface area contributed by atoms with Crippen LogP contribution in [0.4, 0.5) is 0 Å². The van der Waals surface area contributed by atoms with Crippen LogP contribution in [0.3, 0.4) is 0 Å². The molecule has 1 aliphatic heterocycles. The summed E-state index contributed by atoms with van der Waals surface area (Å²) in [6.45, 7) is 0.725. The highest BCUT2D eigenvalue weighted by atomic mass is 32.2. The van der Waals surface area contributed by atoms with Crippen molar-refractivity contribution in [2.75, 3.05) is 12.3 Å². The van der Waals surface area contributed by atoms with Crippen LogP contribution in [0.25, 0.3) is 0 Å². The molecule has 1 aliphatic rings. The van der Waals surface area contributed by atoms with Crippen LogP contribution >= 0.6 is 11.8 Å². The van der Waals surface area contributed by atoms with Gasteiger partial charge in [-0.1, -0.05) is 54.2 Å². The first-order chi connectivity index (χ1) is 12.6. The van der Waals surface area contributed by atoms with Crippen LogP contribution in [0.5, 0.6) is 0 Å². The SMILES string of the molecule is N/N=C(\N)SCCCCN1C(=O)CC[C@@H]1/C=C/C(O)Cc1ccccc1. The Labute approximate surface area is 159 Å². The molecule has 2 rings (SSSR count). The van der Waals surface area contributed by atoms with Gasteiger partial charge in [-0.3, -0.25) is 4.79 Å². The molecule has 1 unspecified atom stereocenters. The van der Waals surface area contributed by atoms with Gasteiger partial charge in [0.25, 0.3) is 0 Å². The molecule has 142 valence electrons. The number of amides is 1. The van der Waals surface area contributed by atoms with Gasteiger partial charge in [-0.25, -0.2) is 0 Å². The van der Waals surface area contributed by atoms with Crippen LogP contribution in [0, 0.1) is 0 Å². The number of nitrogens with two attached hydrogens (primary N) is 2. The molecule has 6 nitrogen and oxygen atoms in total. The minimum atomic E-state index is -0.537. The number of amidine groups is 1. The molecule has 5 N–H and O–H groups in total. The number of unbranched alkanes of at least 4 members (excludes halogenated alkanes) is 1. The van der Waals surface area contributed by atoms with Crippen LogP contribution in [-0.2, 0) is 11.2 Å². The van der Waals surface area contributed by atoms with Crippen molar-refractivity contribution < 1.29 is 9.90 Å². The summed E-state index contributed by atoms with van der Waals surface area (Å²) in [6, 6.07) is 9.98. The monoisotopic (exact) mass is 376 g/mol. The highest BCUT2D eigenvalue weighted by molar-refractivity contribution is 8.13. The molecule has 1 heterocycles. The van der Waals surface area contributed by atoms with Crippen LogP contribution in [0.15, 0.2) is 47.6 Å². The van der Waals surface area contributed by atoms with Gasteiger partial charge in [0.1, 0.15) is 0 Å². The Bertz CT molecular complexity index is 621. The number of aliphatic hydroxyl groups excluding tert-OH is 1. The molecule has 0 radical (unpaired) electrons. The molecule has 0 aliphatic carbocycles. The van der Waals surface area contributed by atoms with Crippen molar-refractivity contribution in [2.24, 2.45) is 16.7 Å². The van der Waals surface area contributed by atoms with Crippen LogP contribution in [-0.4, -0.2) is 45.5 Å². The summed E-state index contributed by atoms with van der Waals surface area (Å²) in [7, 11) is 0. The first-order valence-electron chi connectivity index (χ1n) is 8.96. The van der Waals surface area contributed by atoms with E-state index in [-0.39, 0.29) is 11.9 Å². The number of carbonyl (C=O) groups is 1. The smallest absolute Gasteiger partial charge is 0.223 e. The van der Waals surface area contributed by atoms with Crippen LogP contribution in [0.2, 0.25) is 0 Å². The van der Waals surface area contributed by atoms with Crippen molar-refractivity contribution in [3.63, 3.8) is 0 Å². The van der Waals surface area contributed by atoms with E-state index >= 15 is 0 Å². The molecule has 1 fully saturated rings. The average molecular weight is 377 g/mol. The Balaban J connectivity index is 1.77. The highest BCUT2D eigenvalue weighted by Gasteiger charge is 2.28. The zero-order chi connectivity index (χ0) is 18.8. The Morgan fingerprint density at radius 3 is 2.88 bits per heavy atom. The summed E-state index contributed by atoms with van der Waals surface area (Å²) in [4.78, 5) is 14.0. The Hall–Kier alpha value is -1.99. The van der Waals surface area contributed by atoms with E-state index in [9.17, 15) is 9.90 Å². The van der Waals surface area contributed by atoms with Gasteiger partial charge < -0.3 is 21.6 Å². The highest BCUT2D eigenvalue weighted by Crippen LogP contribution is 2.21. The molecule has 0 aromatic heterocycles. The van der Waals surface area contributed by atoms with E-state index in [1.165, 1.54) is 11.8 Å². The van der Waals surface area contributed by atoms with Crippen molar-refractivity contribution in [1.29, 1.82) is 0 Å². The van der Waals surface area contributed by atoms with Gasteiger partial charge >= 0.3 is 0 Å². The third-order valence-electron chi connectivity index (χ3n) is 4.39. The number of likely N-dealkylation sites (tertiary alicyclic amines) is 1. The summed E-state index contributed by atoms with van der Waals surface area (Å²) in [6.07, 6.45) is 7.08. The van der Waals surface area contributed by atoms with E-state index < -0.39 is 6.10 Å². The average Bonchev–Trinajstić information content (AvgIpc) is 3.00. The van der Waals surface area contributed by atoms with E-state index in [1.54, 1.807) is 0 Å². The van der Waals surface area contributed by atoms with E-state index in [0.29, 0.717) is 18.0 Å². The molecule has 0 spiro atoms. The number of carbonyl (C=O) groups excluding carboxylic acids is 1.